The summed E-state index contributed by atoms with van der Waals surface area (Å²) in [6.07, 6.45) is 1.58. The molecule has 0 aliphatic carbocycles. The van der Waals surface area contributed by atoms with Crippen molar-refractivity contribution in [1.29, 1.82) is 0 Å². The number of ether oxygens (including phenoxy) is 1. The maximum Gasteiger partial charge on any atom is 0.250 e. The van der Waals surface area contributed by atoms with Gasteiger partial charge < -0.3 is 15.0 Å². The van der Waals surface area contributed by atoms with E-state index in [-0.39, 0.29) is 0 Å². The minimum atomic E-state index is 0.443. The smallest absolute Gasteiger partial charge is 0.250 e. The van der Waals surface area contributed by atoms with Crippen LogP contribution in [0.25, 0.3) is 11.2 Å². The summed E-state index contributed by atoms with van der Waals surface area (Å²) in [6, 6.07) is 5.87. The van der Waals surface area contributed by atoms with Crippen LogP contribution < -0.4 is 10.1 Å². The van der Waals surface area contributed by atoms with Gasteiger partial charge in [0.15, 0.2) is 5.65 Å². The molecule has 3 aromatic rings. The van der Waals surface area contributed by atoms with Crippen molar-refractivity contribution >= 4 is 33.0 Å². The van der Waals surface area contributed by atoms with Crippen LogP contribution in [-0.2, 0) is 0 Å². The van der Waals surface area contributed by atoms with E-state index in [9.17, 15) is 0 Å². The van der Waals surface area contributed by atoms with Crippen molar-refractivity contribution in [2.75, 3.05) is 11.9 Å². The highest BCUT2D eigenvalue weighted by atomic mass is 79.9. The number of anilines is 1. The normalized spacial score (nSPS) is 10.8. The molecule has 0 spiro atoms. The second kappa shape index (κ2) is 5.69. The topological polar surface area (TPSA) is 75.7 Å². The monoisotopic (exact) mass is 347 g/mol. The molecule has 2 heterocycles. The highest BCUT2D eigenvalue weighted by molar-refractivity contribution is 9.10. The Balaban J connectivity index is 2.04. The van der Waals surface area contributed by atoms with Crippen LogP contribution in [-0.4, -0.2) is 26.5 Å². The summed E-state index contributed by atoms with van der Waals surface area (Å²) >= 11 is 3.50. The molecule has 3 rings (SSSR count). The lowest BCUT2D eigenvalue weighted by atomic mass is 10.2. The third-order valence-corrected chi connectivity index (χ3v) is 3.50. The van der Waals surface area contributed by atoms with Gasteiger partial charge in [0.1, 0.15) is 11.3 Å². The van der Waals surface area contributed by atoms with Crippen molar-refractivity contribution in [3.8, 4) is 11.6 Å². The van der Waals surface area contributed by atoms with E-state index in [1.807, 2.05) is 32.0 Å². The number of aryl methyl sites for hydroxylation is 1. The molecular formula is C14H14BrN5O. The van der Waals surface area contributed by atoms with Crippen molar-refractivity contribution in [2.24, 2.45) is 0 Å². The lowest BCUT2D eigenvalue weighted by Crippen LogP contribution is -2.03. The van der Waals surface area contributed by atoms with Gasteiger partial charge in [0, 0.05) is 6.54 Å². The van der Waals surface area contributed by atoms with E-state index in [0.29, 0.717) is 28.7 Å². The lowest BCUT2D eigenvalue weighted by molar-refractivity contribution is 0.465. The molecule has 0 bridgehead atoms. The summed E-state index contributed by atoms with van der Waals surface area (Å²) in [7, 11) is 0. The van der Waals surface area contributed by atoms with Crippen LogP contribution in [0.4, 0.5) is 5.95 Å². The largest absolute Gasteiger partial charge is 0.436 e. The molecular weight excluding hydrogens is 334 g/mol. The van der Waals surface area contributed by atoms with E-state index in [4.69, 9.17) is 4.74 Å². The highest BCUT2D eigenvalue weighted by Gasteiger charge is 2.13. The van der Waals surface area contributed by atoms with Gasteiger partial charge in [-0.3, -0.25) is 0 Å². The first-order valence-corrected chi connectivity index (χ1v) is 7.35. The number of benzene rings is 1. The molecule has 7 heteroatoms. The Morgan fingerprint density at radius 2 is 2.19 bits per heavy atom. The van der Waals surface area contributed by atoms with Crippen molar-refractivity contribution in [2.45, 2.75) is 13.8 Å². The summed E-state index contributed by atoms with van der Waals surface area (Å²) in [5.41, 5.74) is 2.39. The van der Waals surface area contributed by atoms with Crippen LogP contribution in [0.1, 0.15) is 12.5 Å². The molecule has 0 amide bonds. The van der Waals surface area contributed by atoms with Crippen LogP contribution in [0.15, 0.2) is 29.0 Å². The van der Waals surface area contributed by atoms with Gasteiger partial charge >= 0.3 is 0 Å². The van der Waals surface area contributed by atoms with Gasteiger partial charge in [0.25, 0.3) is 5.88 Å². The predicted molar refractivity (Wildman–Crippen MR) is 84.8 cm³/mol. The molecule has 0 saturated heterocycles. The Kier molecular flexibility index (Phi) is 3.74. The number of imidazole rings is 1. The summed E-state index contributed by atoms with van der Waals surface area (Å²) in [4.78, 5) is 15.9. The number of aromatic amines is 1. The van der Waals surface area contributed by atoms with Crippen LogP contribution in [0.2, 0.25) is 0 Å². The first-order valence-electron chi connectivity index (χ1n) is 6.56. The number of rotatable bonds is 4. The standard InChI is InChI=1S/C14H14BrN5O/c1-3-16-14-19-12-11(17-7-18-12)13(20-14)21-10-5-4-8(2)6-9(10)15/h4-7H,3H2,1-2H3,(H2,16,17,18,19,20). The molecule has 21 heavy (non-hydrogen) atoms. The van der Waals surface area contributed by atoms with Crippen molar-refractivity contribution in [3.05, 3.63) is 34.6 Å². The number of aromatic nitrogens is 4. The van der Waals surface area contributed by atoms with E-state index in [1.165, 1.54) is 0 Å². The van der Waals surface area contributed by atoms with Crippen molar-refractivity contribution < 1.29 is 4.74 Å². The number of H-pyrrole nitrogens is 1. The van der Waals surface area contributed by atoms with Gasteiger partial charge in [-0.25, -0.2) is 4.98 Å². The fraction of sp³-hybridized carbons (Fsp3) is 0.214. The number of hydrogen-bond donors (Lipinski definition) is 2. The number of hydrogen-bond acceptors (Lipinski definition) is 5. The third kappa shape index (κ3) is 2.82. The molecule has 2 N–H and O–H groups in total. The maximum atomic E-state index is 5.91. The quantitative estimate of drug-likeness (QED) is 0.753. The molecule has 0 aliphatic rings. The summed E-state index contributed by atoms with van der Waals surface area (Å²) in [5, 5.41) is 3.07. The van der Waals surface area contributed by atoms with Crippen LogP contribution in [0.3, 0.4) is 0 Å². The zero-order chi connectivity index (χ0) is 14.8. The Morgan fingerprint density at radius 3 is 2.95 bits per heavy atom. The molecule has 0 aliphatic heterocycles. The SMILES string of the molecule is CCNc1nc(Oc2ccc(C)cc2Br)c2[nH]cnc2n1. The van der Waals surface area contributed by atoms with E-state index >= 15 is 0 Å². The van der Waals surface area contributed by atoms with E-state index in [1.54, 1.807) is 6.33 Å². The lowest BCUT2D eigenvalue weighted by Gasteiger charge is -2.09. The molecule has 1 aromatic carbocycles. The second-order valence-corrected chi connectivity index (χ2v) is 5.37. The average molecular weight is 348 g/mol. The molecule has 108 valence electrons. The van der Waals surface area contributed by atoms with E-state index in [0.717, 1.165) is 16.6 Å². The van der Waals surface area contributed by atoms with Crippen molar-refractivity contribution in [3.63, 3.8) is 0 Å². The zero-order valence-corrected chi connectivity index (χ0v) is 13.2. The predicted octanol–water partition coefficient (Wildman–Crippen LogP) is 3.65. The molecule has 0 unspecified atom stereocenters. The molecule has 0 radical (unpaired) electrons. The summed E-state index contributed by atoms with van der Waals surface area (Å²) in [6.45, 7) is 4.73. The molecule has 0 saturated carbocycles. The maximum absolute atomic E-state index is 5.91. The fourth-order valence-electron chi connectivity index (χ4n) is 1.91. The molecule has 6 nitrogen and oxygen atoms in total. The second-order valence-electron chi connectivity index (χ2n) is 4.52. The molecule has 2 aromatic heterocycles. The van der Waals surface area contributed by atoms with Gasteiger partial charge in [-0.2, -0.15) is 9.97 Å². The first kappa shape index (κ1) is 13.8. The first-order chi connectivity index (χ1) is 10.2. The number of nitrogens with zero attached hydrogens (tertiary/aromatic N) is 3. The number of halogens is 1. The Morgan fingerprint density at radius 1 is 1.33 bits per heavy atom. The van der Waals surface area contributed by atoms with E-state index in [2.05, 4.69) is 41.2 Å². The third-order valence-electron chi connectivity index (χ3n) is 2.88. The minimum absolute atomic E-state index is 0.443. The Labute approximate surface area is 130 Å². The van der Waals surface area contributed by atoms with Gasteiger partial charge in [-0.15, -0.1) is 0 Å². The molecule has 0 fully saturated rings. The Hall–Kier alpha value is -2.15. The fourth-order valence-corrected chi connectivity index (χ4v) is 2.48. The highest BCUT2D eigenvalue weighted by Crippen LogP contribution is 2.32. The van der Waals surface area contributed by atoms with Gasteiger partial charge in [0.2, 0.25) is 5.95 Å². The minimum Gasteiger partial charge on any atom is -0.436 e. The summed E-state index contributed by atoms with van der Waals surface area (Å²) in [5.74, 6) is 1.63. The zero-order valence-electron chi connectivity index (χ0n) is 11.6. The van der Waals surface area contributed by atoms with Crippen LogP contribution in [0.5, 0.6) is 11.6 Å². The van der Waals surface area contributed by atoms with Crippen LogP contribution >= 0.6 is 15.9 Å². The number of fused-ring (bicyclic) bond motifs is 1. The Bertz CT molecular complexity index is 786. The molecule has 0 atom stereocenters. The van der Waals surface area contributed by atoms with Crippen molar-refractivity contribution in [1.82, 2.24) is 19.9 Å². The van der Waals surface area contributed by atoms with Gasteiger partial charge in [0.05, 0.1) is 10.8 Å². The summed E-state index contributed by atoms with van der Waals surface area (Å²) < 4.78 is 6.79. The van der Waals surface area contributed by atoms with Gasteiger partial charge in [-0.1, -0.05) is 6.07 Å². The van der Waals surface area contributed by atoms with Crippen LogP contribution in [0, 0.1) is 6.92 Å². The average Bonchev–Trinajstić information content (AvgIpc) is 2.91. The number of nitrogens with one attached hydrogen (secondary N) is 2. The van der Waals surface area contributed by atoms with E-state index < -0.39 is 0 Å². The van der Waals surface area contributed by atoms with Gasteiger partial charge in [-0.05, 0) is 47.5 Å².